The average Bonchev–Trinajstić information content (AvgIpc) is 1.88. The van der Waals surface area contributed by atoms with Gasteiger partial charge in [0.2, 0.25) is 0 Å². The minimum atomic E-state index is -0.0938. The Hall–Kier alpha value is -0.0151. The molecule has 1 fully saturated rings. The van der Waals surface area contributed by atoms with E-state index in [2.05, 4.69) is 12.2 Å². The Kier molecular flexibility index (Phi) is 2.55. The number of nitrogens with one attached hydrogen (secondary N) is 1. The second-order valence-corrected chi connectivity index (χ2v) is 2.36. The molecule has 0 saturated carbocycles. The van der Waals surface area contributed by atoms with Crippen LogP contribution in [0.4, 0.5) is 0 Å². The van der Waals surface area contributed by atoms with Crippen LogP contribution in [0.15, 0.2) is 0 Å². The molecule has 1 heterocycles. The molecule has 0 aromatic carbocycles. The molecule has 0 bridgehead atoms. The Morgan fingerprint density at radius 2 is 2.44 bits per heavy atom. The first-order chi connectivity index (χ1) is 4.33. The monoisotopic (exact) mass is 125 g/mol. The van der Waals surface area contributed by atoms with Crippen LogP contribution in [0, 0.1) is 0 Å². The molecule has 9 heavy (non-hydrogen) atoms. The van der Waals surface area contributed by atoms with Gasteiger partial charge in [-0.3, -0.25) is 0 Å². The third-order valence-corrected chi connectivity index (χ3v) is 1.54. The molecule has 2 nitrogen and oxygen atoms in total. The molecule has 1 aliphatic heterocycles. The number of hydrogen-bond donors (Lipinski definition) is 1. The van der Waals surface area contributed by atoms with Gasteiger partial charge in [-0.15, -0.1) is 0 Å². The lowest BCUT2D eigenvalue weighted by Gasteiger charge is -2.28. The van der Waals surface area contributed by atoms with Crippen LogP contribution in [0.5, 0.6) is 0 Å². The van der Waals surface area contributed by atoms with Crippen LogP contribution < -0.4 is 5.32 Å². The third kappa shape index (κ3) is 1.99. The van der Waals surface area contributed by atoms with Crippen LogP contribution >= 0.6 is 0 Å². The molecule has 0 unspecified atom stereocenters. The van der Waals surface area contributed by atoms with Crippen LogP contribution in [0.1, 0.15) is 13.3 Å². The second-order valence-electron chi connectivity index (χ2n) is 2.36. The van der Waals surface area contributed by atoms with E-state index in [4.69, 9.17) is 12.6 Å². The van der Waals surface area contributed by atoms with E-state index < -0.39 is 0 Å². The highest BCUT2D eigenvalue weighted by atomic mass is 16.5. The van der Waals surface area contributed by atoms with E-state index in [1.807, 2.05) is 0 Å². The van der Waals surface area contributed by atoms with Crippen LogP contribution in [0.3, 0.4) is 0 Å². The minimum absolute atomic E-state index is 0.0938. The molecule has 0 amide bonds. The summed E-state index contributed by atoms with van der Waals surface area (Å²) in [4.78, 5) is 0. The van der Waals surface area contributed by atoms with Crippen molar-refractivity contribution in [3.8, 4) is 0 Å². The fourth-order valence-corrected chi connectivity index (χ4v) is 0.971. The molecule has 0 aromatic heterocycles. The molecule has 1 rings (SSSR count). The predicted octanol–water partition coefficient (Wildman–Crippen LogP) is -0.121. The van der Waals surface area contributed by atoms with Crippen molar-refractivity contribution in [2.24, 2.45) is 0 Å². The molecule has 1 saturated heterocycles. The Labute approximate surface area is 57.4 Å². The van der Waals surface area contributed by atoms with Gasteiger partial charge in [-0.2, -0.15) is 0 Å². The zero-order valence-electron chi connectivity index (χ0n) is 5.76. The normalized spacial score (nSPS) is 36.6. The summed E-state index contributed by atoms with van der Waals surface area (Å²) in [6.07, 6.45) is 1.37. The van der Waals surface area contributed by atoms with Gasteiger partial charge in [-0.1, -0.05) is 6.92 Å². The van der Waals surface area contributed by atoms with Crippen molar-refractivity contribution in [2.45, 2.75) is 25.5 Å². The van der Waals surface area contributed by atoms with Crippen molar-refractivity contribution in [3.63, 3.8) is 0 Å². The van der Waals surface area contributed by atoms with Crippen molar-refractivity contribution in [1.82, 2.24) is 5.32 Å². The van der Waals surface area contributed by atoms with Crippen molar-refractivity contribution in [1.29, 1.82) is 0 Å². The number of ether oxygens (including phenoxy) is 1. The van der Waals surface area contributed by atoms with Crippen molar-refractivity contribution in [3.05, 3.63) is 0 Å². The summed E-state index contributed by atoms with van der Waals surface area (Å²) in [5.74, 6) is 0. The van der Waals surface area contributed by atoms with Crippen LogP contribution in [-0.2, 0) is 4.74 Å². The second kappa shape index (κ2) is 3.23. The number of morpholine rings is 1. The molecular weight excluding hydrogens is 113 g/mol. The Bertz CT molecular complexity index is 89.1. The number of rotatable bonds is 1. The van der Waals surface area contributed by atoms with Gasteiger partial charge in [-0.05, 0) is 6.42 Å². The summed E-state index contributed by atoms with van der Waals surface area (Å²) in [5.41, 5.74) is 0. The van der Waals surface area contributed by atoms with E-state index in [1.54, 1.807) is 0 Å². The lowest BCUT2D eigenvalue weighted by Crippen LogP contribution is -2.44. The summed E-state index contributed by atoms with van der Waals surface area (Å²) in [6.45, 7) is 3.84. The molecule has 2 radical (unpaired) electrons. The van der Waals surface area contributed by atoms with Gasteiger partial charge >= 0.3 is 0 Å². The summed E-state index contributed by atoms with van der Waals surface area (Å²) in [6, 6.07) is -0.0938. The first-order valence-electron chi connectivity index (χ1n) is 3.44. The maximum atomic E-state index is 5.52. The molecule has 1 aliphatic rings. The third-order valence-electron chi connectivity index (χ3n) is 1.54. The predicted molar refractivity (Wildman–Crippen MR) is 37.6 cm³/mol. The summed E-state index contributed by atoms with van der Waals surface area (Å²) >= 11 is 0. The van der Waals surface area contributed by atoms with Gasteiger partial charge in [0.1, 0.15) is 7.85 Å². The highest BCUT2D eigenvalue weighted by molar-refractivity contribution is 6.11. The zero-order valence-corrected chi connectivity index (χ0v) is 5.76. The van der Waals surface area contributed by atoms with E-state index in [9.17, 15) is 0 Å². The van der Waals surface area contributed by atoms with Crippen LogP contribution in [-0.4, -0.2) is 33.0 Å². The van der Waals surface area contributed by atoms with E-state index in [1.165, 1.54) is 0 Å². The van der Waals surface area contributed by atoms with Crippen molar-refractivity contribution >= 4 is 7.85 Å². The van der Waals surface area contributed by atoms with E-state index in [0.717, 1.165) is 19.5 Å². The first kappa shape index (κ1) is 7.10. The lowest BCUT2D eigenvalue weighted by molar-refractivity contribution is 0.00289. The lowest BCUT2D eigenvalue weighted by atomic mass is 9.98. The average molecular weight is 125 g/mol. The van der Waals surface area contributed by atoms with Crippen LogP contribution in [0.25, 0.3) is 0 Å². The van der Waals surface area contributed by atoms with Crippen LogP contribution in [0.2, 0.25) is 0 Å². The Balaban J connectivity index is 2.23. The fraction of sp³-hybridized carbons (Fsp3) is 1.00. The molecule has 50 valence electrons. The quantitative estimate of drug-likeness (QED) is 0.493. The van der Waals surface area contributed by atoms with Gasteiger partial charge < -0.3 is 10.1 Å². The van der Waals surface area contributed by atoms with Gasteiger partial charge in [0, 0.05) is 19.1 Å². The molecule has 0 spiro atoms. The molecule has 3 heteroatoms. The molecule has 1 N–H and O–H groups in total. The van der Waals surface area contributed by atoms with Crippen molar-refractivity contribution < 1.29 is 4.74 Å². The highest BCUT2D eigenvalue weighted by Gasteiger charge is 2.15. The van der Waals surface area contributed by atoms with Gasteiger partial charge in [0.15, 0.2) is 0 Å². The molecule has 0 aliphatic carbocycles. The first-order valence-corrected chi connectivity index (χ1v) is 3.44. The highest BCUT2D eigenvalue weighted by Crippen LogP contribution is 2.03. The topological polar surface area (TPSA) is 21.3 Å². The van der Waals surface area contributed by atoms with Gasteiger partial charge in [0.05, 0.1) is 6.10 Å². The summed E-state index contributed by atoms with van der Waals surface area (Å²) < 4.78 is 5.35. The van der Waals surface area contributed by atoms with Gasteiger partial charge in [0.25, 0.3) is 0 Å². The smallest absolute Gasteiger partial charge is 0.110 e. The Morgan fingerprint density at radius 1 is 1.67 bits per heavy atom. The van der Waals surface area contributed by atoms with E-state index >= 15 is 0 Å². The zero-order chi connectivity index (χ0) is 6.69. The van der Waals surface area contributed by atoms with Gasteiger partial charge in [-0.25, -0.2) is 0 Å². The van der Waals surface area contributed by atoms with Crippen molar-refractivity contribution in [2.75, 3.05) is 13.1 Å². The number of hydrogen-bond acceptors (Lipinski definition) is 2. The van der Waals surface area contributed by atoms with E-state index in [-0.39, 0.29) is 6.00 Å². The molecule has 0 aromatic rings. The minimum Gasteiger partial charge on any atom is -0.382 e. The largest absolute Gasteiger partial charge is 0.382 e. The standard InChI is InChI=1S/C6H12BNO/c1-2-5-3-8-4-6(7)9-5/h5-6,8H,2-4H2,1H3/t5-,6-/m1/s1. The maximum Gasteiger partial charge on any atom is 0.110 e. The Morgan fingerprint density at radius 3 is 2.89 bits per heavy atom. The molecular formula is C6H12BNO. The SMILES string of the molecule is [B][C@H]1CNC[C@@H](CC)O1. The summed E-state index contributed by atoms with van der Waals surface area (Å²) in [5, 5.41) is 3.19. The fourth-order valence-electron chi connectivity index (χ4n) is 0.971. The van der Waals surface area contributed by atoms with E-state index in [0.29, 0.717) is 6.10 Å². The maximum absolute atomic E-state index is 5.52. The molecule has 2 atom stereocenters. The summed E-state index contributed by atoms with van der Waals surface area (Å²) in [7, 11) is 5.52.